The lowest BCUT2D eigenvalue weighted by molar-refractivity contribution is 0.101. The van der Waals surface area contributed by atoms with E-state index in [-0.39, 0.29) is 21.3 Å². The molecule has 1 N–H and O–H groups in total. The molecule has 0 atom stereocenters. The van der Waals surface area contributed by atoms with Crippen molar-refractivity contribution in [3.8, 4) is 0 Å². The quantitative estimate of drug-likeness (QED) is 0.769. The predicted molar refractivity (Wildman–Crippen MR) is 104 cm³/mol. The Bertz CT molecular complexity index is 981. The number of nitrogens with zero attached hydrogens (tertiary/aromatic N) is 1. The molecule has 0 aliphatic carbocycles. The lowest BCUT2D eigenvalue weighted by Crippen LogP contribution is -2.28. The molecule has 8 heteroatoms. The van der Waals surface area contributed by atoms with Crippen LogP contribution in [-0.4, -0.2) is 37.5 Å². The molecule has 1 aliphatic rings. The maximum atomic E-state index is 12.8. The van der Waals surface area contributed by atoms with Crippen molar-refractivity contribution in [2.24, 2.45) is 0 Å². The Morgan fingerprint density at radius 3 is 2.19 bits per heavy atom. The normalized spacial score (nSPS) is 14.9. The SMILES string of the molecule is CC(=O)c1ccc(NC(=O)c2ccc(Cl)c(S(=O)(=O)N3CCCC3)c2)cc1. The summed E-state index contributed by atoms with van der Waals surface area (Å²) in [6, 6.07) is 10.7. The molecule has 2 aromatic rings. The molecule has 0 aromatic heterocycles. The summed E-state index contributed by atoms with van der Waals surface area (Å²) < 4.78 is 26.9. The summed E-state index contributed by atoms with van der Waals surface area (Å²) in [5.41, 5.74) is 1.23. The van der Waals surface area contributed by atoms with Crippen molar-refractivity contribution in [3.63, 3.8) is 0 Å². The van der Waals surface area contributed by atoms with Gasteiger partial charge in [0.25, 0.3) is 5.91 Å². The zero-order valence-electron chi connectivity index (χ0n) is 14.7. The van der Waals surface area contributed by atoms with E-state index in [0.29, 0.717) is 24.3 Å². The van der Waals surface area contributed by atoms with Crippen LogP contribution in [-0.2, 0) is 10.0 Å². The molecule has 0 radical (unpaired) electrons. The van der Waals surface area contributed by atoms with Crippen LogP contribution < -0.4 is 5.32 Å². The first kappa shape index (κ1) is 19.5. The van der Waals surface area contributed by atoms with Gasteiger partial charge in [-0.15, -0.1) is 0 Å². The molecule has 2 aromatic carbocycles. The molecule has 1 fully saturated rings. The summed E-state index contributed by atoms with van der Waals surface area (Å²) in [6.45, 7) is 2.37. The van der Waals surface area contributed by atoms with Gasteiger partial charge in [-0.05, 0) is 62.2 Å². The molecule has 0 unspecified atom stereocenters. The molecule has 3 rings (SSSR count). The van der Waals surface area contributed by atoms with Gasteiger partial charge in [0.2, 0.25) is 10.0 Å². The summed E-state index contributed by atoms with van der Waals surface area (Å²) in [6.07, 6.45) is 1.63. The van der Waals surface area contributed by atoms with Gasteiger partial charge in [-0.3, -0.25) is 9.59 Å². The number of hydrogen-bond donors (Lipinski definition) is 1. The number of Topliss-reactive ketones (excluding diaryl/α,β-unsaturated/α-hetero) is 1. The van der Waals surface area contributed by atoms with E-state index in [1.807, 2.05) is 0 Å². The molecule has 1 saturated heterocycles. The molecule has 1 amide bonds. The summed E-state index contributed by atoms with van der Waals surface area (Å²) in [5.74, 6) is -0.526. The van der Waals surface area contributed by atoms with Crippen LogP contribution in [0.4, 0.5) is 5.69 Å². The number of sulfonamides is 1. The van der Waals surface area contributed by atoms with Crippen molar-refractivity contribution in [3.05, 3.63) is 58.6 Å². The second kappa shape index (κ2) is 7.80. The summed E-state index contributed by atoms with van der Waals surface area (Å²) in [5, 5.41) is 2.78. The summed E-state index contributed by atoms with van der Waals surface area (Å²) in [7, 11) is -3.73. The van der Waals surface area contributed by atoms with E-state index < -0.39 is 15.9 Å². The average molecular weight is 407 g/mol. The average Bonchev–Trinajstić information content (AvgIpc) is 3.18. The van der Waals surface area contributed by atoms with Gasteiger partial charge in [0, 0.05) is 29.9 Å². The Hall–Kier alpha value is -2.22. The van der Waals surface area contributed by atoms with Crippen LogP contribution in [0, 0.1) is 0 Å². The fourth-order valence-electron chi connectivity index (χ4n) is 2.90. The number of benzene rings is 2. The third kappa shape index (κ3) is 4.21. The van der Waals surface area contributed by atoms with E-state index in [9.17, 15) is 18.0 Å². The lowest BCUT2D eigenvalue weighted by Gasteiger charge is -2.17. The summed E-state index contributed by atoms with van der Waals surface area (Å²) >= 11 is 6.10. The molecular formula is C19H19ClN2O4S. The fraction of sp³-hybridized carbons (Fsp3) is 0.263. The van der Waals surface area contributed by atoms with Crippen molar-refractivity contribution in [2.75, 3.05) is 18.4 Å². The van der Waals surface area contributed by atoms with Crippen LogP contribution in [0.2, 0.25) is 5.02 Å². The van der Waals surface area contributed by atoms with Gasteiger partial charge in [-0.1, -0.05) is 11.6 Å². The van der Waals surface area contributed by atoms with Gasteiger partial charge < -0.3 is 5.32 Å². The molecule has 6 nitrogen and oxygen atoms in total. The smallest absolute Gasteiger partial charge is 0.255 e. The fourth-order valence-corrected chi connectivity index (χ4v) is 4.92. The van der Waals surface area contributed by atoms with Gasteiger partial charge in [0.15, 0.2) is 5.78 Å². The number of carbonyl (C=O) groups excluding carboxylic acids is 2. The first-order valence-electron chi connectivity index (χ1n) is 8.51. The first-order valence-corrected chi connectivity index (χ1v) is 10.3. The minimum absolute atomic E-state index is 0.0642. The Labute approximate surface area is 163 Å². The van der Waals surface area contributed by atoms with Gasteiger partial charge in [0.05, 0.1) is 5.02 Å². The van der Waals surface area contributed by atoms with Gasteiger partial charge in [-0.25, -0.2) is 8.42 Å². The maximum absolute atomic E-state index is 12.8. The second-order valence-electron chi connectivity index (χ2n) is 6.34. The van der Waals surface area contributed by atoms with E-state index >= 15 is 0 Å². The number of carbonyl (C=O) groups is 2. The van der Waals surface area contributed by atoms with E-state index in [0.717, 1.165) is 12.8 Å². The van der Waals surface area contributed by atoms with Crippen LogP contribution in [0.25, 0.3) is 0 Å². The van der Waals surface area contributed by atoms with Crippen LogP contribution in [0.1, 0.15) is 40.5 Å². The molecule has 0 saturated carbocycles. The van der Waals surface area contributed by atoms with Crippen molar-refractivity contribution in [1.29, 1.82) is 0 Å². The van der Waals surface area contributed by atoms with Crippen molar-refractivity contribution in [2.45, 2.75) is 24.7 Å². The molecule has 0 bridgehead atoms. The molecule has 1 aliphatic heterocycles. The van der Waals surface area contributed by atoms with Crippen molar-refractivity contribution >= 4 is 39.0 Å². The van der Waals surface area contributed by atoms with Gasteiger partial charge >= 0.3 is 0 Å². The van der Waals surface area contributed by atoms with Gasteiger partial charge in [-0.2, -0.15) is 4.31 Å². The highest BCUT2D eigenvalue weighted by Crippen LogP contribution is 2.28. The second-order valence-corrected chi connectivity index (χ2v) is 8.66. The minimum atomic E-state index is -3.73. The minimum Gasteiger partial charge on any atom is -0.322 e. The number of nitrogens with one attached hydrogen (secondary N) is 1. The lowest BCUT2D eigenvalue weighted by atomic mass is 10.1. The van der Waals surface area contributed by atoms with Gasteiger partial charge in [0.1, 0.15) is 4.90 Å². The molecule has 0 spiro atoms. The van der Waals surface area contributed by atoms with Crippen LogP contribution >= 0.6 is 11.6 Å². The van der Waals surface area contributed by atoms with Crippen LogP contribution in [0.15, 0.2) is 47.4 Å². The highest BCUT2D eigenvalue weighted by atomic mass is 35.5. The standard InChI is InChI=1S/C19H19ClN2O4S/c1-13(23)14-4-7-16(8-5-14)21-19(24)15-6-9-17(20)18(12-15)27(25,26)22-10-2-3-11-22/h4-9,12H,2-3,10-11H2,1H3,(H,21,24). The Balaban J connectivity index is 1.84. The third-order valence-corrected chi connectivity index (χ3v) is 6.81. The number of rotatable bonds is 5. The molecule has 27 heavy (non-hydrogen) atoms. The molecular weight excluding hydrogens is 388 g/mol. The predicted octanol–water partition coefficient (Wildman–Crippen LogP) is 3.58. The van der Waals surface area contributed by atoms with Crippen LogP contribution in [0.5, 0.6) is 0 Å². The van der Waals surface area contributed by atoms with E-state index in [1.165, 1.54) is 29.4 Å². The zero-order chi connectivity index (χ0) is 19.6. The number of halogens is 1. The monoisotopic (exact) mass is 406 g/mol. The van der Waals surface area contributed by atoms with Crippen molar-refractivity contribution < 1.29 is 18.0 Å². The van der Waals surface area contributed by atoms with Crippen LogP contribution in [0.3, 0.4) is 0 Å². The van der Waals surface area contributed by atoms with Crippen molar-refractivity contribution in [1.82, 2.24) is 4.31 Å². The van der Waals surface area contributed by atoms with E-state index in [4.69, 9.17) is 11.6 Å². The molecule has 142 valence electrons. The zero-order valence-corrected chi connectivity index (χ0v) is 16.3. The Morgan fingerprint density at radius 2 is 1.59 bits per heavy atom. The van der Waals surface area contributed by atoms with E-state index in [2.05, 4.69) is 5.32 Å². The first-order chi connectivity index (χ1) is 12.8. The topological polar surface area (TPSA) is 83.5 Å². The largest absolute Gasteiger partial charge is 0.322 e. The maximum Gasteiger partial charge on any atom is 0.255 e. The summed E-state index contributed by atoms with van der Waals surface area (Å²) in [4.78, 5) is 23.8. The Kier molecular flexibility index (Phi) is 5.64. The third-order valence-electron chi connectivity index (χ3n) is 4.43. The number of hydrogen-bond acceptors (Lipinski definition) is 4. The highest BCUT2D eigenvalue weighted by molar-refractivity contribution is 7.89. The molecule has 1 heterocycles. The number of anilines is 1. The number of amides is 1. The van der Waals surface area contributed by atoms with E-state index in [1.54, 1.807) is 24.3 Å². The Morgan fingerprint density at radius 1 is 1.00 bits per heavy atom. The number of ketones is 1. The highest BCUT2D eigenvalue weighted by Gasteiger charge is 2.29.